The van der Waals surface area contributed by atoms with E-state index in [9.17, 15) is 14.7 Å². The summed E-state index contributed by atoms with van der Waals surface area (Å²) in [4.78, 5) is 22.4. The first-order chi connectivity index (χ1) is 9.43. The number of carboxylic acids is 1. The largest absolute Gasteiger partial charge is 0.504 e. The molecule has 1 unspecified atom stereocenters. The third-order valence-electron chi connectivity index (χ3n) is 2.44. The summed E-state index contributed by atoms with van der Waals surface area (Å²) in [5.74, 6) is -2.63. The van der Waals surface area contributed by atoms with E-state index >= 15 is 0 Å². The highest BCUT2D eigenvalue weighted by molar-refractivity contribution is 5.84. The van der Waals surface area contributed by atoms with Crippen LogP contribution in [-0.2, 0) is 20.7 Å². The van der Waals surface area contributed by atoms with Crippen molar-refractivity contribution in [2.24, 2.45) is 0 Å². The Labute approximate surface area is 114 Å². The van der Waals surface area contributed by atoms with Gasteiger partial charge in [0.2, 0.25) is 5.91 Å². The number of hydrogen-bond donors (Lipinski definition) is 5. The molecule has 0 bridgehead atoms. The molecule has 1 atom stereocenters. The van der Waals surface area contributed by atoms with Crippen molar-refractivity contribution in [2.45, 2.75) is 12.5 Å². The summed E-state index contributed by atoms with van der Waals surface area (Å²) in [6.45, 7) is -1.10. The number of aromatic hydroxyl groups is 2. The summed E-state index contributed by atoms with van der Waals surface area (Å²) in [6.07, 6.45) is -0.0754. The Morgan fingerprint density at radius 2 is 1.95 bits per heavy atom. The van der Waals surface area contributed by atoms with Gasteiger partial charge in [-0.15, -0.1) is 0 Å². The molecule has 0 aliphatic rings. The average molecular weight is 285 g/mol. The Bertz CT molecular complexity index is 489. The number of ether oxygens (including phenoxy) is 1. The zero-order valence-electron chi connectivity index (χ0n) is 10.4. The van der Waals surface area contributed by atoms with Gasteiger partial charge in [-0.1, -0.05) is 6.07 Å². The lowest BCUT2D eigenvalue weighted by Gasteiger charge is -2.14. The quantitative estimate of drug-likeness (QED) is 0.326. The van der Waals surface area contributed by atoms with E-state index in [1.165, 1.54) is 18.2 Å². The second kappa shape index (κ2) is 7.31. The Balaban J connectivity index is 2.69. The molecule has 0 saturated carbocycles. The molecule has 1 aromatic carbocycles. The third kappa shape index (κ3) is 4.75. The summed E-state index contributed by atoms with van der Waals surface area (Å²) >= 11 is 0. The van der Waals surface area contributed by atoms with Gasteiger partial charge in [-0.05, 0) is 17.7 Å². The summed E-state index contributed by atoms with van der Waals surface area (Å²) in [5, 5.41) is 38.1. The maximum Gasteiger partial charge on any atom is 0.326 e. The zero-order valence-corrected chi connectivity index (χ0v) is 10.4. The van der Waals surface area contributed by atoms with E-state index in [0.717, 1.165) is 0 Å². The number of aliphatic carboxylic acids is 1. The van der Waals surface area contributed by atoms with Crippen LogP contribution in [-0.4, -0.2) is 51.7 Å². The molecule has 0 aromatic heterocycles. The van der Waals surface area contributed by atoms with Crippen LogP contribution < -0.4 is 5.32 Å². The molecule has 0 heterocycles. The monoisotopic (exact) mass is 285 g/mol. The minimum Gasteiger partial charge on any atom is -0.504 e. The van der Waals surface area contributed by atoms with Crippen LogP contribution >= 0.6 is 0 Å². The zero-order chi connectivity index (χ0) is 15.1. The predicted molar refractivity (Wildman–Crippen MR) is 66.1 cm³/mol. The highest BCUT2D eigenvalue weighted by atomic mass is 16.6. The van der Waals surface area contributed by atoms with Gasteiger partial charge in [0.1, 0.15) is 19.4 Å². The molecule has 8 nitrogen and oxygen atoms in total. The molecule has 20 heavy (non-hydrogen) atoms. The topological polar surface area (TPSA) is 136 Å². The van der Waals surface area contributed by atoms with E-state index < -0.39 is 31.3 Å². The first-order valence-corrected chi connectivity index (χ1v) is 5.65. The second-order valence-corrected chi connectivity index (χ2v) is 3.96. The van der Waals surface area contributed by atoms with Crippen LogP contribution in [0, 0.1) is 0 Å². The van der Waals surface area contributed by atoms with Crippen molar-refractivity contribution in [3.8, 4) is 11.5 Å². The van der Waals surface area contributed by atoms with E-state index in [-0.39, 0.29) is 17.9 Å². The molecule has 0 fully saturated rings. The van der Waals surface area contributed by atoms with E-state index in [1.807, 2.05) is 0 Å². The van der Waals surface area contributed by atoms with E-state index in [1.54, 1.807) is 0 Å². The van der Waals surface area contributed by atoms with Gasteiger partial charge in [-0.2, -0.15) is 0 Å². The number of carbonyl (C=O) groups excluding carboxylic acids is 1. The summed E-state index contributed by atoms with van der Waals surface area (Å²) < 4.78 is 4.44. The normalized spacial score (nSPS) is 11.8. The van der Waals surface area contributed by atoms with Crippen LogP contribution in [0.15, 0.2) is 18.2 Å². The number of aliphatic hydroxyl groups excluding tert-OH is 1. The van der Waals surface area contributed by atoms with Crippen molar-refractivity contribution in [3.63, 3.8) is 0 Å². The number of carboxylic acid groups (broad SMARTS) is 1. The maximum absolute atomic E-state index is 11.3. The smallest absolute Gasteiger partial charge is 0.326 e. The van der Waals surface area contributed by atoms with Gasteiger partial charge in [-0.3, -0.25) is 4.79 Å². The fourth-order valence-corrected chi connectivity index (χ4v) is 1.51. The second-order valence-electron chi connectivity index (χ2n) is 3.96. The number of rotatable bonds is 7. The highest BCUT2D eigenvalue weighted by Crippen LogP contribution is 2.25. The molecular formula is C12H15NO7. The number of carbonyl (C=O) groups is 2. The molecule has 0 radical (unpaired) electrons. The number of phenolic OH excluding ortho intramolecular Hbond substituents is 2. The number of aliphatic hydroxyl groups is 1. The van der Waals surface area contributed by atoms with Crippen LogP contribution in [0.5, 0.6) is 11.5 Å². The van der Waals surface area contributed by atoms with Gasteiger partial charge in [-0.25, -0.2) is 4.79 Å². The van der Waals surface area contributed by atoms with Crippen LogP contribution in [0.4, 0.5) is 0 Å². The lowest BCUT2D eigenvalue weighted by atomic mass is 10.1. The SMILES string of the molecule is O=C(COCO)NC(Cc1ccc(O)c(O)c1)C(=O)O. The van der Waals surface area contributed by atoms with Gasteiger partial charge < -0.3 is 30.5 Å². The fourth-order valence-electron chi connectivity index (χ4n) is 1.51. The molecule has 1 aromatic rings. The van der Waals surface area contributed by atoms with Crippen molar-refractivity contribution in [1.82, 2.24) is 5.32 Å². The lowest BCUT2D eigenvalue weighted by Crippen LogP contribution is -2.43. The highest BCUT2D eigenvalue weighted by Gasteiger charge is 2.20. The number of amides is 1. The van der Waals surface area contributed by atoms with Crippen molar-refractivity contribution in [3.05, 3.63) is 23.8 Å². The minimum absolute atomic E-state index is 0.0754. The van der Waals surface area contributed by atoms with E-state index in [2.05, 4.69) is 10.1 Å². The third-order valence-corrected chi connectivity index (χ3v) is 2.44. The molecule has 0 aliphatic heterocycles. The Hall–Kier alpha value is -2.32. The maximum atomic E-state index is 11.3. The molecule has 1 amide bonds. The first-order valence-electron chi connectivity index (χ1n) is 5.65. The van der Waals surface area contributed by atoms with Gasteiger partial charge in [0.15, 0.2) is 11.5 Å². The molecule has 0 aliphatic carbocycles. The molecule has 8 heteroatoms. The predicted octanol–water partition coefficient (Wildman–Crippen LogP) is -0.824. The van der Waals surface area contributed by atoms with E-state index in [4.69, 9.17) is 15.3 Å². The molecule has 110 valence electrons. The molecule has 0 saturated heterocycles. The molecule has 1 rings (SSSR count). The average Bonchev–Trinajstić information content (AvgIpc) is 2.39. The number of hydrogen-bond acceptors (Lipinski definition) is 6. The van der Waals surface area contributed by atoms with Gasteiger partial charge in [0.25, 0.3) is 0 Å². The van der Waals surface area contributed by atoms with Crippen LogP contribution in [0.3, 0.4) is 0 Å². The molecule has 5 N–H and O–H groups in total. The van der Waals surface area contributed by atoms with Gasteiger partial charge in [0.05, 0.1) is 0 Å². The lowest BCUT2D eigenvalue weighted by molar-refractivity contribution is -0.143. The van der Waals surface area contributed by atoms with Crippen molar-refractivity contribution < 1.29 is 34.8 Å². The number of nitrogens with one attached hydrogen (secondary N) is 1. The summed E-state index contributed by atoms with van der Waals surface area (Å²) in [6, 6.07) is 2.65. The number of phenols is 2. The fraction of sp³-hybridized carbons (Fsp3) is 0.333. The first kappa shape index (κ1) is 15.7. The number of benzene rings is 1. The van der Waals surface area contributed by atoms with Crippen molar-refractivity contribution >= 4 is 11.9 Å². The Kier molecular flexibility index (Phi) is 5.75. The van der Waals surface area contributed by atoms with Crippen molar-refractivity contribution in [1.29, 1.82) is 0 Å². The van der Waals surface area contributed by atoms with Crippen LogP contribution in [0.1, 0.15) is 5.56 Å². The van der Waals surface area contributed by atoms with E-state index in [0.29, 0.717) is 5.56 Å². The molecular weight excluding hydrogens is 270 g/mol. The summed E-state index contributed by atoms with van der Waals surface area (Å²) in [5.41, 5.74) is 0.427. The summed E-state index contributed by atoms with van der Waals surface area (Å²) in [7, 11) is 0. The Morgan fingerprint density at radius 1 is 1.25 bits per heavy atom. The van der Waals surface area contributed by atoms with Gasteiger partial charge >= 0.3 is 5.97 Å². The molecule has 0 spiro atoms. The van der Waals surface area contributed by atoms with Crippen molar-refractivity contribution in [2.75, 3.05) is 13.4 Å². The van der Waals surface area contributed by atoms with Crippen LogP contribution in [0.2, 0.25) is 0 Å². The Morgan fingerprint density at radius 3 is 2.50 bits per heavy atom. The standard InChI is InChI=1S/C12H15NO7/c14-6-20-5-11(17)13-8(12(18)19)3-7-1-2-9(15)10(16)4-7/h1-2,4,8,14-16H,3,5-6H2,(H,13,17)(H,18,19). The van der Waals surface area contributed by atoms with Gasteiger partial charge in [0, 0.05) is 6.42 Å². The minimum atomic E-state index is -1.25. The van der Waals surface area contributed by atoms with Crippen LogP contribution in [0.25, 0.3) is 0 Å².